The van der Waals surface area contributed by atoms with Crippen LogP contribution in [0, 0.1) is 29.1 Å². The number of fused-ring (bicyclic) bond motifs is 4. The van der Waals surface area contributed by atoms with Crippen molar-refractivity contribution in [2.24, 2.45) is 23.5 Å². The van der Waals surface area contributed by atoms with Gasteiger partial charge in [0.05, 0.1) is 30.7 Å². The quantitative estimate of drug-likeness (QED) is 0.267. The minimum atomic E-state index is 0.00198. The van der Waals surface area contributed by atoms with Crippen LogP contribution in [0.3, 0.4) is 0 Å². The number of rotatable bonds is 8. The number of nitrogens with zero attached hydrogens (tertiary/aromatic N) is 8. The van der Waals surface area contributed by atoms with Crippen molar-refractivity contribution in [1.82, 2.24) is 29.0 Å². The molecule has 11 heteroatoms. The second-order valence-corrected chi connectivity index (χ2v) is 13.8. The van der Waals surface area contributed by atoms with Gasteiger partial charge in [-0.2, -0.15) is 5.26 Å². The Hall–Kier alpha value is -4.95. The van der Waals surface area contributed by atoms with Gasteiger partial charge in [-0.15, -0.1) is 0 Å². The molecule has 5 heterocycles. The fraction of sp³-hybridized carbons (Fsp3) is 0.417. The molecule has 2 aromatic carbocycles. The number of benzene rings is 2. The molecule has 0 spiro atoms. The first-order chi connectivity index (χ1) is 23.0. The van der Waals surface area contributed by atoms with Crippen molar-refractivity contribution in [3.05, 3.63) is 66.1 Å². The van der Waals surface area contributed by atoms with Gasteiger partial charge in [0.1, 0.15) is 23.2 Å². The molecule has 11 nitrogen and oxygen atoms in total. The predicted octanol–water partition coefficient (Wildman–Crippen LogP) is 4.44. The molecule has 2 saturated carbocycles. The third kappa shape index (κ3) is 4.65. The van der Waals surface area contributed by atoms with Gasteiger partial charge >= 0.3 is 0 Å². The van der Waals surface area contributed by atoms with Gasteiger partial charge in [-0.05, 0) is 61.8 Å². The SMILES string of the molecule is COc1cc(C(=O)N2C[C@H]3CC[C@@H]2[C@@H]3N)cc2nc(-c3cc4ccccc4n3CC3CC3)n(CC3CN(c4cncc(C#N)n4)C3)c12. The zero-order valence-electron chi connectivity index (χ0n) is 26.4. The molecule has 2 aliphatic heterocycles. The van der Waals surface area contributed by atoms with E-state index in [1.165, 1.54) is 29.9 Å². The van der Waals surface area contributed by atoms with Gasteiger partial charge in [0.25, 0.3) is 5.91 Å². The number of nitrogens with two attached hydrogens (primary N) is 1. The molecule has 3 atom stereocenters. The highest BCUT2D eigenvalue weighted by Crippen LogP contribution is 2.41. The Balaban J connectivity index is 1.14. The second-order valence-electron chi connectivity index (χ2n) is 13.8. The van der Waals surface area contributed by atoms with Crippen molar-refractivity contribution in [2.75, 3.05) is 31.6 Å². The molecule has 2 bridgehead atoms. The molecule has 0 radical (unpaired) electrons. The molecule has 5 aromatic rings. The molecule has 238 valence electrons. The van der Waals surface area contributed by atoms with Crippen LogP contribution >= 0.6 is 0 Å². The maximum Gasteiger partial charge on any atom is 0.254 e. The minimum absolute atomic E-state index is 0.00198. The average molecular weight is 628 g/mol. The second kappa shape index (κ2) is 10.8. The summed E-state index contributed by atoms with van der Waals surface area (Å²) < 4.78 is 10.8. The number of piperidine rings is 1. The molecule has 9 rings (SSSR count). The highest BCUT2D eigenvalue weighted by Gasteiger charge is 2.47. The van der Waals surface area contributed by atoms with E-state index in [1.807, 2.05) is 17.0 Å². The molecule has 4 aliphatic rings. The molecule has 2 aliphatic carbocycles. The number of carbonyl (C=O) groups excluding carboxylic acids is 1. The normalized spacial score (nSPS) is 22.3. The molecule has 1 amide bonds. The lowest BCUT2D eigenvalue weighted by atomic mass is 10.00. The molecular weight excluding hydrogens is 590 g/mol. The van der Waals surface area contributed by atoms with Gasteiger partial charge < -0.3 is 29.4 Å². The van der Waals surface area contributed by atoms with E-state index in [4.69, 9.17) is 15.5 Å². The van der Waals surface area contributed by atoms with Gasteiger partial charge in [-0.3, -0.25) is 9.78 Å². The first-order valence-electron chi connectivity index (χ1n) is 16.7. The van der Waals surface area contributed by atoms with E-state index in [9.17, 15) is 10.1 Å². The highest BCUT2D eigenvalue weighted by molar-refractivity contribution is 6.00. The van der Waals surface area contributed by atoms with Crippen LogP contribution in [0.5, 0.6) is 5.75 Å². The maximum absolute atomic E-state index is 13.9. The van der Waals surface area contributed by atoms with Crippen molar-refractivity contribution in [3.63, 3.8) is 0 Å². The molecular formula is C36H37N9O2. The summed E-state index contributed by atoms with van der Waals surface area (Å²) in [5.74, 6) is 3.61. The van der Waals surface area contributed by atoms with Crippen LogP contribution in [0.25, 0.3) is 33.5 Å². The topological polar surface area (TPSA) is 131 Å². The van der Waals surface area contributed by atoms with E-state index in [0.29, 0.717) is 47.9 Å². The zero-order chi connectivity index (χ0) is 31.8. The fourth-order valence-electron chi connectivity index (χ4n) is 8.17. The van der Waals surface area contributed by atoms with E-state index in [0.717, 1.165) is 60.8 Å². The third-order valence-electron chi connectivity index (χ3n) is 10.8. The largest absolute Gasteiger partial charge is 0.494 e. The Morgan fingerprint density at radius 3 is 2.57 bits per heavy atom. The van der Waals surface area contributed by atoms with E-state index in [-0.39, 0.29) is 18.0 Å². The summed E-state index contributed by atoms with van der Waals surface area (Å²) in [6.07, 6.45) is 7.75. The lowest BCUT2D eigenvalue weighted by Gasteiger charge is -2.40. The third-order valence-corrected chi connectivity index (χ3v) is 10.8. The van der Waals surface area contributed by atoms with Gasteiger partial charge in [-0.1, -0.05) is 18.2 Å². The molecule has 3 aromatic heterocycles. The summed E-state index contributed by atoms with van der Waals surface area (Å²) in [7, 11) is 1.67. The van der Waals surface area contributed by atoms with Crippen molar-refractivity contribution in [3.8, 4) is 23.3 Å². The van der Waals surface area contributed by atoms with Gasteiger partial charge in [0, 0.05) is 67.2 Å². The molecule has 2 saturated heterocycles. The summed E-state index contributed by atoms with van der Waals surface area (Å²) in [4.78, 5) is 32.0. The zero-order valence-corrected chi connectivity index (χ0v) is 26.4. The van der Waals surface area contributed by atoms with Crippen molar-refractivity contribution in [1.29, 1.82) is 5.26 Å². The highest BCUT2D eigenvalue weighted by atomic mass is 16.5. The summed E-state index contributed by atoms with van der Waals surface area (Å²) in [5, 5.41) is 10.5. The van der Waals surface area contributed by atoms with Crippen LogP contribution in [0.4, 0.5) is 5.82 Å². The van der Waals surface area contributed by atoms with Crippen LogP contribution in [-0.2, 0) is 13.1 Å². The van der Waals surface area contributed by atoms with Crippen LogP contribution in [0.15, 0.2) is 54.9 Å². The summed E-state index contributed by atoms with van der Waals surface area (Å²) >= 11 is 0. The van der Waals surface area contributed by atoms with Gasteiger partial charge in [0.2, 0.25) is 0 Å². The maximum atomic E-state index is 13.9. The van der Waals surface area contributed by atoms with Crippen molar-refractivity contribution < 1.29 is 9.53 Å². The van der Waals surface area contributed by atoms with Gasteiger partial charge in [0.15, 0.2) is 11.5 Å². The fourth-order valence-corrected chi connectivity index (χ4v) is 8.17. The molecule has 47 heavy (non-hydrogen) atoms. The van der Waals surface area contributed by atoms with Crippen LogP contribution in [0.1, 0.15) is 41.7 Å². The van der Waals surface area contributed by atoms with E-state index >= 15 is 0 Å². The standard InChI is InChI=1S/C36H37N9O2/c1-47-31-12-25(36(46)44-20-24-8-9-29(44)33(24)38)10-27-34(31)45(19-22-16-42(17-22)32-15-39-14-26(13-37)40-32)35(41-27)30-11-23-4-2-3-5-28(23)43(30)18-21-6-7-21/h2-5,10-12,14-15,21-22,24,29,33H,6-9,16-20,38H2,1H3/t24-,29-,33-/m1/s1. The Labute approximate surface area is 272 Å². The number of amides is 1. The number of hydrogen-bond donors (Lipinski definition) is 1. The van der Waals surface area contributed by atoms with Crippen LogP contribution < -0.4 is 15.4 Å². The minimum Gasteiger partial charge on any atom is -0.494 e. The number of anilines is 1. The Morgan fingerprint density at radius 2 is 1.83 bits per heavy atom. The van der Waals surface area contributed by atoms with E-state index in [1.54, 1.807) is 13.3 Å². The Kier molecular flexibility index (Phi) is 6.51. The average Bonchev–Trinajstić information content (AvgIpc) is 3.44. The predicted molar refractivity (Wildman–Crippen MR) is 178 cm³/mol. The monoisotopic (exact) mass is 627 g/mol. The number of carbonyl (C=O) groups is 1. The molecule has 2 N–H and O–H groups in total. The molecule has 4 fully saturated rings. The van der Waals surface area contributed by atoms with Crippen molar-refractivity contribution >= 4 is 33.7 Å². The number of ether oxygens (including phenoxy) is 1. The van der Waals surface area contributed by atoms with Gasteiger partial charge in [-0.25, -0.2) is 9.97 Å². The number of aromatic nitrogens is 5. The Morgan fingerprint density at radius 1 is 1.00 bits per heavy atom. The smallest absolute Gasteiger partial charge is 0.254 e. The first kappa shape index (κ1) is 28.3. The summed E-state index contributed by atoms with van der Waals surface area (Å²) in [6.45, 7) is 3.95. The summed E-state index contributed by atoms with van der Waals surface area (Å²) in [6, 6.07) is 16.9. The number of methoxy groups -OCH3 is 1. The number of imidazole rings is 1. The van der Waals surface area contributed by atoms with Crippen LogP contribution in [0.2, 0.25) is 0 Å². The number of para-hydroxylation sites is 1. The first-order valence-corrected chi connectivity index (χ1v) is 16.7. The Bertz CT molecular complexity index is 2080. The summed E-state index contributed by atoms with van der Waals surface area (Å²) in [5.41, 5.74) is 11.3. The lowest BCUT2D eigenvalue weighted by Crippen LogP contribution is -2.49. The number of likely N-dealkylation sites (tertiary alicyclic amines) is 1. The molecule has 0 unspecified atom stereocenters. The number of nitriles is 1. The van der Waals surface area contributed by atoms with Crippen molar-refractivity contribution in [2.45, 2.75) is 50.9 Å². The van der Waals surface area contributed by atoms with E-state index < -0.39 is 0 Å². The van der Waals surface area contributed by atoms with E-state index in [2.05, 4.69) is 60.4 Å². The van der Waals surface area contributed by atoms with Crippen LogP contribution in [-0.4, -0.2) is 73.7 Å². The lowest BCUT2D eigenvalue weighted by molar-refractivity contribution is 0.0700. The number of hydrogen-bond acceptors (Lipinski definition) is 8.